The third-order valence-corrected chi connectivity index (χ3v) is 2.97. The molecule has 0 aliphatic heterocycles. The maximum absolute atomic E-state index is 2.34. The summed E-state index contributed by atoms with van der Waals surface area (Å²) in [6.07, 6.45) is 26.5. The molecule has 0 aromatic carbocycles. The summed E-state index contributed by atoms with van der Waals surface area (Å²) in [4.78, 5) is 0. The highest BCUT2D eigenvalue weighted by atomic mass is 13.9. The number of hydrogen-bond acceptors (Lipinski definition) is 0. The van der Waals surface area contributed by atoms with Gasteiger partial charge in [-0.15, -0.1) is 0 Å². The number of rotatable bonds is 12. The van der Waals surface area contributed by atoms with Crippen LogP contribution in [0.4, 0.5) is 0 Å². The van der Waals surface area contributed by atoms with Crippen molar-refractivity contribution < 1.29 is 0 Å². The van der Waals surface area contributed by atoms with E-state index in [2.05, 4.69) is 50.3 Å². The first kappa shape index (κ1) is 17.2. The monoisotopic (exact) mass is 248 g/mol. The topological polar surface area (TPSA) is 0 Å². The zero-order chi connectivity index (χ0) is 13.3. The Morgan fingerprint density at radius 2 is 1.06 bits per heavy atom. The zero-order valence-corrected chi connectivity index (χ0v) is 12.5. The maximum atomic E-state index is 2.34. The molecule has 0 unspecified atom stereocenters. The molecule has 0 atom stereocenters. The summed E-state index contributed by atoms with van der Waals surface area (Å²) in [5.41, 5.74) is 0. The van der Waals surface area contributed by atoms with Crippen molar-refractivity contribution in [2.75, 3.05) is 0 Å². The van der Waals surface area contributed by atoms with Gasteiger partial charge in [-0.2, -0.15) is 0 Å². The highest BCUT2D eigenvalue weighted by Gasteiger charge is 1.85. The van der Waals surface area contributed by atoms with E-state index in [1.165, 1.54) is 51.4 Å². The fourth-order valence-electron chi connectivity index (χ4n) is 1.81. The molecule has 0 amide bonds. The number of allylic oxidation sites excluding steroid dienone is 6. The average Bonchev–Trinajstić information content (AvgIpc) is 2.39. The molecule has 0 rings (SSSR count). The van der Waals surface area contributed by atoms with Crippen LogP contribution in [-0.4, -0.2) is 0 Å². The Morgan fingerprint density at radius 3 is 1.67 bits per heavy atom. The van der Waals surface area contributed by atoms with Gasteiger partial charge in [0.05, 0.1) is 0 Å². The molecule has 18 heavy (non-hydrogen) atoms. The Kier molecular flexibility index (Phi) is 15.5. The molecule has 0 radical (unpaired) electrons. The zero-order valence-electron chi connectivity index (χ0n) is 12.5. The number of unbranched alkanes of at least 4 members (excludes halogenated alkanes) is 6. The molecule has 0 aliphatic rings. The van der Waals surface area contributed by atoms with Crippen LogP contribution in [0, 0.1) is 0 Å². The van der Waals surface area contributed by atoms with Gasteiger partial charge >= 0.3 is 0 Å². The lowest BCUT2D eigenvalue weighted by molar-refractivity contribution is 0.637. The van der Waals surface area contributed by atoms with Crippen LogP contribution >= 0.6 is 0 Å². The summed E-state index contributed by atoms with van der Waals surface area (Å²) >= 11 is 0. The fraction of sp³-hybridized carbons (Fsp3) is 0.667. The van der Waals surface area contributed by atoms with Crippen molar-refractivity contribution >= 4 is 0 Å². The standard InChI is InChI=1S/C18H32/c1-3-5-7-9-11-13-15-17-18-16-14-12-10-8-6-4-2/h7,9,13,15-16,18H,3-6,8,10-12,14,17H2,1-2H3/b9-7+,15-13+,18-16+. The van der Waals surface area contributed by atoms with Crippen LogP contribution in [0.25, 0.3) is 0 Å². The second-order valence-corrected chi connectivity index (χ2v) is 4.88. The summed E-state index contributed by atoms with van der Waals surface area (Å²) in [7, 11) is 0. The summed E-state index contributed by atoms with van der Waals surface area (Å²) in [6.45, 7) is 4.48. The van der Waals surface area contributed by atoms with E-state index in [1.54, 1.807) is 0 Å². The van der Waals surface area contributed by atoms with Gasteiger partial charge in [-0.25, -0.2) is 0 Å². The van der Waals surface area contributed by atoms with Crippen molar-refractivity contribution in [3.8, 4) is 0 Å². The maximum Gasteiger partial charge on any atom is -0.0169 e. The molecule has 104 valence electrons. The van der Waals surface area contributed by atoms with Gasteiger partial charge in [-0.05, 0) is 32.1 Å². The lowest BCUT2D eigenvalue weighted by Gasteiger charge is -1.95. The van der Waals surface area contributed by atoms with Crippen LogP contribution < -0.4 is 0 Å². The smallest absolute Gasteiger partial charge is 0.0169 e. The first-order chi connectivity index (χ1) is 8.91. The molecule has 0 heterocycles. The predicted octanol–water partition coefficient (Wildman–Crippen LogP) is 6.60. The van der Waals surface area contributed by atoms with Crippen molar-refractivity contribution in [2.24, 2.45) is 0 Å². The van der Waals surface area contributed by atoms with E-state index >= 15 is 0 Å². The normalized spacial score (nSPS) is 12.3. The summed E-state index contributed by atoms with van der Waals surface area (Å²) in [5.74, 6) is 0. The van der Waals surface area contributed by atoms with Crippen molar-refractivity contribution in [3.63, 3.8) is 0 Å². The Balaban J connectivity index is 3.24. The Hall–Kier alpha value is -0.780. The largest absolute Gasteiger partial charge is 0.0882 e. The van der Waals surface area contributed by atoms with Crippen LogP contribution in [0.15, 0.2) is 36.5 Å². The molecule has 0 N–H and O–H groups in total. The number of hydrogen-bond donors (Lipinski definition) is 0. The summed E-state index contributed by atoms with van der Waals surface area (Å²) in [6, 6.07) is 0. The van der Waals surface area contributed by atoms with E-state index in [0.29, 0.717) is 0 Å². The molecule has 0 heteroatoms. The van der Waals surface area contributed by atoms with Gasteiger partial charge in [0.15, 0.2) is 0 Å². The van der Waals surface area contributed by atoms with E-state index in [0.717, 1.165) is 12.8 Å². The second-order valence-electron chi connectivity index (χ2n) is 4.88. The van der Waals surface area contributed by atoms with Gasteiger partial charge in [-0.3, -0.25) is 0 Å². The Labute approximate surface area is 115 Å². The predicted molar refractivity (Wildman–Crippen MR) is 84.9 cm³/mol. The van der Waals surface area contributed by atoms with E-state index in [9.17, 15) is 0 Å². The molecule has 0 spiro atoms. The van der Waals surface area contributed by atoms with Crippen molar-refractivity contribution in [3.05, 3.63) is 36.5 Å². The molecule has 0 aromatic rings. The quantitative estimate of drug-likeness (QED) is 0.270. The van der Waals surface area contributed by atoms with Crippen molar-refractivity contribution in [1.29, 1.82) is 0 Å². The summed E-state index contributed by atoms with van der Waals surface area (Å²) in [5, 5.41) is 0. The lowest BCUT2D eigenvalue weighted by Crippen LogP contribution is -1.75. The van der Waals surface area contributed by atoms with E-state index in [4.69, 9.17) is 0 Å². The van der Waals surface area contributed by atoms with Gasteiger partial charge in [0.25, 0.3) is 0 Å². The molecular weight excluding hydrogens is 216 g/mol. The first-order valence-corrected chi connectivity index (χ1v) is 7.86. The SMILES string of the molecule is CCC/C=C/C/C=C/C/C=C/CCCCCCC. The fourth-order valence-corrected chi connectivity index (χ4v) is 1.81. The van der Waals surface area contributed by atoms with Crippen LogP contribution in [0.1, 0.15) is 78.1 Å². The average molecular weight is 248 g/mol. The van der Waals surface area contributed by atoms with Gasteiger partial charge in [0, 0.05) is 0 Å². The second kappa shape index (κ2) is 16.2. The molecule has 0 nitrogen and oxygen atoms in total. The van der Waals surface area contributed by atoms with Crippen LogP contribution in [0.5, 0.6) is 0 Å². The van der Waals surface area contributed by atoms with Crippen LogP contribution in [0.3, 0.4) is 0 Å². The molecule has 0 fully saturated rings. The van der Waals surface area contributed by atoms with E-state index < -0.39 is 0 Å². The van der Waals surface area contributed by atoms with Gasteiger partial charge in [0.1, 0.15) is 0 Å². The van der Waals surface area contributed by atoms with Gasteiger partial charge in [0.2, 0.25) is 0 Å². The van der Waals surface area contributed by atoms with Gasteiger partial charge < -0.3 is 0 Å². The molecule has 0 aliphatic carbocycles. The lowest BCUT2D eigenvalue weighted by atomic mass is 10.1. The highest BCUT2D eigenvalue weighted by molar-refractivity contribution is 4.97. The first-order valence-electron chi connectivity index (χ1n) is 7.86. The molecule has 0 saturated heterocycles. The Morgan fingerprint density at radius 1 is 0.500 bits per heavy atom. The van der Waals surface area contributed by atoms with E-state index in [-0.39, 0.29) is 0 Å². The minimum absolute atomic E-state index is 1.09. The Bertz CT molecular complexity index is 220. The third-order valence-electron chi connectivity index (χ3n) is 2.97. The van der Waals surface area contributed by atoms with Gasteiger partial charge in [-0.1, -0.05) is 82.4 Å². The van der Waals surface area contributed by atoms with Crippen molar-refractivity contribution in [2.45, 2.75) is 78.1 Å². The van der Waals surface area contributed by atoms with Crippen molar-refractivity contribution in [1.82, 2.24) is 0 Å². The molecular formula is C18H32. The minimum atomic E-state index is 1.09. The summed E-state index contributed by atoms with van der Waals surface area (Å²) < 4.78 is 0. The molecule has 0 aromatic heterocycles. The molecule has 0 saturated carbocycles. The minimum Gasteiger partial charge on any atom is -0.0882 e. The molecule has 0 bridgehead atoms. The van der Waals surface area contributed by atoms with E-state index in [1.807, 2.05) is 0 Å². The third kappa shape index (κ3) is 15.2. The highest BCUT2D eigenvalue weighted by Crippen LogP contribution is 2.05. The van der Waals surface area contributed by atoms with Crippen LogP contribution in [0.2, 0.25) is 0 Å². The van der Waals surface area contributed by atoms with Crippen LogP contribution in [-0.2, 0) is 0 Å².